The van der Waals surface area contributed by atoms with Crippen LogP contribution >= 0.6 is 34.5 Å². The molecule has 2 rings (SSSR count). The summed E-state index contributed by atoms with van der Waals surface area (Å²) >= 11 is 13.4. The molecule has 2 aromatic rings. The van der Waals surface area contributed by atoms with Crippen LogP contribution in [0.5, 0.6) is 0 Å². The van der Waals surface area contributed by atoms with Gasteiger partial charge in [0.15, 0.2) is 5.13 Å². The van der Waals surface area contributed by atoms with Crippen molar-refractivity contribution in [1.82, 2.24) is 4.98 Å². The van der Waals surface area contributed by atoms with E-state index in [2.05, 4.69) is 10.3 Å². The summed E-state index contributed by atoms with van der Waals surface area (Å²) < 4.78 is 0. The van der Waals surface area contributed by atoms with Crippen molar-refractivity contribution in [1.29, 1.82) is 0 Å². The van der Waals surface area contributed by atoms with Crippen molar-refractivity contribution >= 4 is 51.3 Å². The second-order valence-corrected chi connectivity index (χ2v) is 5.63. The molecule has 0 aliphatic heterocycles. The summed E-state index contributed by atoms with van der Waals surface area (Å²) in [6.07, 6.45) is 0.133. The zero-order valence-corrected chi connectivity index (χ0v) is 12.4. The van der Waals surface area contributed by atoms with Crippen LogP contribution in [-0.2, 0) is 11.2 Å². The maximum absolute atomic E-state index is 11.9. The molecule has 4 nitrogen and oxygen atoms in total. The van der Waals surface area contributed by atoms with Gasteiger partial charge in [-0.1, -0.05) is 29.3 Å². The van der Waals surface area contributed by atoms with E-state index in [0.717, 1.165) is 5.56 Å². The molecule has 0 atom stereocenters. The Balaban J connectivity index is 2.13. The van der Waals surface area contributed by atoms with E-state index in [1.165, 1.54) is 11.3 Å². The first-order chi connectivity index (χ1) is 8.97. The number of hydrogen-bond acceptors (Lipinski definition) is 4. The van der Waals surface area contributed by atoms with E-state index >= 15 is 0 Å². The number of carbonyl (C=O) groups excluding carboxylic acids is 1. The van der Waals surface area contributed by atoms with Gasteiger partial charge in [0, 0.05) is 5.38 Å². The van der Waals surface area contributed by atoms with Gasteiger partial charge in [-0.05, 0) is 18.6 Å². The second-order valence-electron chi connectivity index (χ2n) is 3.96. The average molecular weight is 316 g/mol. The Bertz CT molecular complexity index is 627. The summed E-state index contributed by atoms with van der Waals surface area (Å²) in [5.41, 5.74) is 7.41. The number of thiazole rings is 1. The number of rotatable bonds is 3. The number of aromatic nitrogens is 1. The summed E-state index contributed by atoms with van der Waals surface area (Å²) in [6.45, 7) is 1.84. The predicted molar refractivity (Wildman–Crippen MR) is 80.1 cm³/mol. The van der Waals surface area contributed by atoms with E-state index in [-0.39, 0.29) is 12.3 Å². The summed E-state index contributed by atoms with van der Waals surface area (Å²) in [6, 6.07) is 3.49. The highest BCUT2D eigenvalue weighted by molar-refractivity contribution is 7.13. The van der Waals surface area contributed by atoms with E-state index in [1.54, 1.807) is 17.5 Å². The van der Waals surface area contributed by atoms with Crippen LogP contribution < -0.4 is 11.1 Å². The molecule has 0 fully saturated rings. The molecule has 1 heterocycles. The smallest absolute Gasteiger partial charge is 0.230 e. The Hall–Kier alpha value is -1.30. The maximum atomic E-state index is 11.9. The third-order valence-corrected chi connectivity index (χ3v) is 3.98. The second kappa shape index (κ2) is 5.77. The summed E-state index contributed by atoms with van der Waals surface area (Å²) in [7, 11) is 0. The van der Waals surface area contributed by atoms with Crippen molar-refractivity contribution in [3.63, 3.8) is 0 Å². The molecule has 3 N–H and O–H groups in total. The number of halogens is 2. The van der Waals surface area contributed by atoms with E-state index < -0.39 is 0 Å². The van der Waals surface area contributed by atoms with E-state index in [0.29, 0.717) is 26.6 Å². The molecule has 100 valence electrons. The zero-order chi connectivity index (χ0) is 14.0. The Morgan fingerprint density at radius 3 is 2.84 bits per heavy atom. The molecule has 7 heteroatoms. The van der Waals surface area contributed by atoms with Crippen molar-refractivity contribution in [2.75, 3.05) is 11.1 Å². The average Bonchev–Trinajstić information content (AvgIpc) is 2.75. The molecular formula is C12H11Cl2N3OS. The number of aryl methyl sites for hydroxylation is 1. The number of nitrogens with zero attached hydrogens (tertiary/aromatic N) is 1. The van der Waals surface area contributed by atoms with E-state index in [4.69, 9.17) is 28.9 Å². The molecule has 1 amide bonds. The molecule has 0 bridgehead atoms. The number of anilines is 2. The fourth-order valence-corrected chi connectivity index (χ4v) is 2.55. The fourth-order valence-electron chi connectivity index (χ4n) is 1.52. The summed E-state index contributed by atoms with van der Waals surface area (Å²) in [5, 5.41) is 5.73. The Labute approximate surface area is 124 Å². The number of amides is 1. The Morgan fingerprint density at radius 1 is 1.47 bits per heavy atom. The molecule has 0 spiro atoms. The van der Waals surface area contributed by atoms with Crippen LogP contribution in [0.4, 0.5) is 10.8 Å². The van der Waals surface area contributed by atoms with Gasteiger partial charge in [-0.3, -0.25) is 4.79 Å². The maximum Gasteiger partial charge on any atom is 0.230 e. The van der Waals surface area contributed by atoms with Crippen LogP contribution in [0.15, 0.2) is 17.5 Å². The van der Waals surface area contributed by atoms with Gasteiger partial charge in [0.2, 0.25) is 5.91 Å². The summed E-state index contributed by atoms with van der Waals surface area (Å²) in [5.74, 6) is -0.236. The minimum Gasteiger partial charge on any atom is -0.375 e. The third kappa shape index (κ3) is 3.37. The van der Waals surface area contributed by atoms with Crippen molar-refractivity contribution in [3.05, 3.63) is 38.8 Å². The topological polar surface area (TPSA) is 68.0 Å². The SMILES string of the molecule is Cc1ccc(Cl)c(NC(=O)Cc2csc(N)n2)c1Cl. The lowest BCUT2D eigenvalue weighted by molar-refractivity contribution is -0.115. The van der Waals surface area contributed by atoms with E-state index in [1.807, 2.05) is 6.92 Å². The molecule has 0 saturated carbocycles. The zero-order valence-electron chi connectivity index (χ0n) is 10.0. The standard InChI is InChI=1S/C12H11Cl2N3OS/c1-6-2-3-8(13)11(10(6)14)17-9(18)4-7-5-19-12(15)16-7/h2-3,5H,4H2,1H3,(H2,15,16)(H,17,18). The number of nitrogen functional groups attached to an aromatic ring is 1. The lowest BCUT2D eigenvalue weighted by atomic mass is 10.2. The van der Waals surface area contributed by atoms with Gasteiger partial charge in [0.25, 0.3) is 0 Å². The number of carbonyl (C=O) groups is 1. The number of nitrogens with two attached hydrogens (primary N) is 1. The van der Waals surface area contributed by atoms with Crippen LogP contribution in [-0.4, -0.2) is 10.9 Å². The molecule has 0 radical (unpaired) electrons. The first kappa shape index (κ1) is 14.1. The Morgan fingerprint density at radius 2 is 2.21 bits per heavy atom. The summed E-state index contributed by atoms with van der Waals surface area (Å²) in [4.78, 5) is 15.9. The normalized spacial score (nSPS) is 10.5. The molecule has 0 aliphatic carbocycles. The van der Waals surface area contributed by atoms with Gasteiger partial charge in [-0.25, -0.2) is 4.98 Å². The highest BCUT2D eigenvalue weighted by atomic mass is 35.5. The van der Waals surface area contributed by atoms with Crippen molar-refractivity contribution in [2.24, 2.45) is 0 Å². The van der Waals surface area contributed by atoms with Crippen molar-refractivity contribution in [2.45, 2.75) is 13.3 Å². The molecular weight excluding hydrogens is 305 g/mol. The molecule has 0 saturated heterocycles. The van der Waals surface area contributed by atoms with E-state index in [9.17, 15) is 4.79 Å². The first-order valence-corrected chi connectivity index (χ1v) is 7.05. The first-order valence-electron chi connectivity index (χ1n) is 5.41. The molecule has 1 aromatic heterocycles. The molecule has 1 aromatic carbocycles. The van der Waals surface area contributed by atoms with Crippen LogP contribution in [0.1, 0.15) is 11.3 Å². The molecule has 19 heavy (non-hydrogen) atoms. The molecule has 0 unspecified atom stereocenters. The lowest BCUT2D eigenvalue weighted by Gasteiger charge is -2.10. The van der Waals surface area contributed by atoms with Gasteiger partial charge in [-0.15, -0.1) is 11.3 Å². The lowest BCUT2D eigenvalue weighted by Crippen LogP contribution is -2.15. The van der Waals surface area contributed by atoms with Crippen LogP contribution in [0.25, 0.3) is 0 Å². The van der Waals surface area contributed by atoms with Gasteiger partial charge in [0.05, 0.1) is 27.8 Å². The van der Waals surface area contributed by atoms with Crippen molar-refractivity contribution in [3.8, 4) is 0 Å². The quantitative estimate of drug-likeness (QED) is 0.910. The predicted octanol–water partition coefficient (Wildman–Crippen LogP) is 3.52. The van der Waals surface area contributed by atoms with Gasteiger partial charge in [-0.2, -0.15) is 0 Å². The highest BCUT2D eigenvalue weighted by Crippen LogP contribution is 2.32. The number of nitrogens with one attached hydrogen (secondary N) is 1. The van der Waals surface area contributed by atoms with Gasteiger partial charge in [0.1, 0.15) is 0 Å². The van der Waals surface area contributed by atoms with Crippen molar-refractivity contribution < 1.29 is 4.79 Å². The Kier molecular flexibility index (Phi) is 4.29. The highest BCUT2D eigenvalue weighted by Gasteiger charge is 2.13. The van der Waals surface area contributed by atoms with Crippen LogP contribution in [0.3, 0.4) is 0 Å². The van der Waals surface area contributed by atoms with Crippen LogP contribution in [0.2, 0.25) is 10.0 Å². The van der Waals surface area contributed by atoms with Crippen LogP contribution in [0, 0.1) is 6.92 Å². The van der Waals surface area contributed by atoms with Gasteiger partial charge >= 0.3 is 0 Å². The number of benzene rings is 1. The monoisotopic (exact) mass is 315 g/mol. The molecule has 0 aliphatic rings. The minimum atomic E-state index is -0.236. The van der Waals surface area contributed by atoms with Gasteiger partial charge < -0.3 is 11.1 Å². The largest absolute Gasteiger partial charge is 0.375 e. The third-order valence-electron chi connectivity index (χ3n) is 2.46. The fraction of sp³-hybridized carbons (Fsp3) is 0.167. The number of hydrogen-bond donors (Lipinski definition) is 2. The minimum absolute atomic E-state index is 0.133.